The number of carbonyl (C=O) groups excluding carboxylic acids is 2. The summed E-state index contributed by atoms with van der Waals surface area (Å²) in [6.07, 6.45) is 0.416. The van der Waals surface area contributed by atoms with Crippen molar-refractivity contribution in [3.8, 4) is 0 Å². The molecule has 4 rings (SSSR count). The van der Waals surface area contributed by atoms with Gasteiger partial charge < -0.3 is 15.1 Å². The third-order valence-electron chi connectivity index (χ3n) is 5.13. The van der Waals surface area contributed by atoms with E-state index in [4.69, 9.17) is 0 Å². The molecule has 0 unspecified atom stereocenters. The summed E-state index contributed by atoms with van der Waals surface area (Å²) < 4.78 is 1.21. The number of piperazine rings is 1. The Morgan fingerprint density at radius 1 is 0.964 bits per heavy atom. The van der Waals surface area contributed by atoms with Gasteiger partial charge in [0, 0.05) is 36.6 Å². The lowest BCUT2D eigenvalue weighted by Gasteiger charge is -2.34. The molecule has 1 saturated heterocycles. The van der Waals surface area contributed by atoms with E-state index in [1.165, 1.54) is 4.70 Å². The monoisotopic (exact) mass is 393 g/mol. The number of hydrogen-bond acceptors (Lipinski definition) is 3. The fraction of sp³-hybridized carbons (Fsp3) is 0.273. The van der Waals surface area contributed by atoms with Gasteiger partial charge >= 0.3 is 6.03 Å². The number of nitrogens with zero attached hydrogens (tertiary/aromatic N) is 2. The molecule has 0 aliphatic carbocycles. The van der Waals surface area contributed by atoms with Gasteiger partial charge in [0.15, 0.2) is 0 Å². The smallest absolute Gasteiger partial charge is 0.321 e. The molecule has 3 aromatic rings. The molecule has 5 nitrogen and oxygen atoms in total. The van der Waals surface area contributed by atoms with E-state index in [-0.39, 0.29) is 11.9 Å². The second kappa shape index (κ2) is 8.02. The van der Waals surface area contributed by atoms with Crippen LogP contribution < -0.4 is 5.32 Å². The van der Waals surface area contributed by atoms with Crippen LogP contribution in [0.15, 0.2) is 53.9 Å². The summed E-state index contributed by atoms with van der Waals surface area (Å²) in [4.78, 5) is 28.8. The normalized spacial score (nSPS) is 14.3. The molecule has 0 spiro atoms. The topological polar surface area (TPSA) is 52.7 Å². The lowest BCUT2D eigenvalue weighted by atomic mass is 10.1. The maximum absolute atomic E-state index is 12.7. The van der Waals surface area contributed by atoms with Crippen LogP contribution in [0.3, 0.4) is 0 Å². The van der Waals surface area contributed by atoms with E-state index < -0.39 is 0 Å². The first kappa shape index (κ1) is 18.5. The van der Waals surface area contributed by atoms with E-state index in [0.717, 1.165) is 22.2 Å². The highest BCUT2D eigenvalue weighted by Gasteiger charge is 2.24. The van der Waals surface area contributed by atoms with Gasteiger partial charge in [0.1, 0.15) is 0 Å². The Labute approximate surface area is 168 Å². The van der Waals surface area contributed by atoms with Gasteiger partial charge in [-0.05, 0) is 41.5 Å². The molecule has 0 atom stereocenters. The van der Waals surface area contributed by atoms with Gasteiger partial charge in [-0.25, -0.2) is 4.79 Å². The molecule has 0 radical (unpaired) electrons. The number of hydrogen-bond donors (Lipinski definition) is 1. The van der Waals surface area contributed by atoms with Crippen LogP contribution in [-0.4, -0.2) is 47.9 Å². The number of nitrogens with one attached hydrogen (secondary N) is 1. The van der Waals surface area contributed by atoms with Crippen LogP contribution in [-0.2, 0) is 11.2 Å². The standard InChI is InChI=1S/C22H23N3O2S/c1-16-6-8-18(9-7-16)23-22(27)25-12-10-24(11-13-25)21(26)14-17-15-28-20-5-3-2-4-19(17)20/h2-9,15H,10-14H2,1H3,(H,23,27). The van der Waals surface area contributed by atoms with Crippen molar-refractivity contribution in [2.75, 3.05) is 31.5 Å². The summed E-state index contributed by atoms with van der Waals surface area (Å²) in [5, 5.41) is 6.17. The van der Waals surface area contributed by atoms with Gasteiger partial charge in [-0.2, -0.15) is 0 Å². The Morgan fingerprint density at radius 2 is 1.64 bits per heavy atom. The highest BCUT2D eigenvalue weighted by molar-refractivity contribution is 7.17. The first-order valence-corrected chi connectivity index (χ1v) is 10.3. The average Bonchev–Trinajstić information content (AvgIpc) is 3.13. The molecule has 0 bridgehead atoms. The Bertz CT molecular complexity index is 988. The lowest BCUT2D eigenvalue weighted by Crippen LogP contribution is -2.52. The third-order valence-corrected chi connectivity index (χ3v) is 6.14. The van der Waals surface area contributed by atoms with Gasteiger partial charge in [-0.1, -0.05) is 35.9 Å². The van der Waals surface area contributed by atoms with Gasteiger partial charge in [0.25, 0.3) is 0 Å². The van der Waals surface area contributed by atoms with E-state index in [2.05, 4.69) is 22.8 Å². The number of benzene rings is 2. The van der Waals surface area contributed by atoms with Crippen molar-refractivity contribution in [2.24, 2.45) is 0 Å². The van der Waals surface area contributed by atoms with Crippen molar-refractivity contribution in [3.05, 3.63) is 65.0 Å². The minimum absolute atomic E-state index is 0.111. The van der Waals surface area contributed by atoms with Crippen LogP contribution in [0.4, 0.5) is 10.5 Å². The first-order chi connectivity index (χ1) is 13.6. The molecular weight excluding hydrogens is 370 g/mol. The van der Waals surface area contributed by atoms with Crippen molar-refractivity contribution in [2.45, 2.75) is 13.3 Å². The van der Waals surface area contributed by atoms with E-state index in [1.54, 1.807) is 16.2 Å². The largest absolute Gasteiger partial charge is 0.339 e. The van der Waals surface area contributed by atoms with E-state index in [0.29, 0.717) is 32.6 Å². The zero-order chi connectivity index (χ0) is 19.5. The number of aryl methyl sites for hydroxylation is 1. The van der Waals surface area contributed by atoms with Gasteiger partial charge in [0.05, 0.1) is 6.42 Å². The van der Waals surface area contributed by atoms with Crippen molar-refractivity contribution >= 4 is 39.0 Å². The fourth-order valence-corrected chi connectivity index (χ4v) is 4.41. The SMILES string of the molecule is Cc1ccc(NC(=O)N2CCN(C(=O)Cc3csc4ccccc34)CC2)cc1. The summed E-state index contributed by atoms with van der Waals surface area (Å²) in [6.45, 7) is 4.26. The quantitative estimate of drug-likeness (QED) is 0.727. The molecule has 1 fully saturated rings. The number of carbonyl (C=O) groups is 2. The zero-order valence-electron chi connectivity index (χ0n) is 15.9. The molecule has 0 saturated carbocycles. The van der Waals surface area contributed by atoms with E-state index in [1.807, 2.05) is 48.2 Å². The molecule has 1 aromatic heterocycles. The molecule has 28 heavy (non-hydrogen) atoms. The summed E-state index contributed by atoms with van der Waals surface area (Å²) >= 11 is 1.68. The fourth-order valence-electron chi connectivity index (χ4n) is 3.44. The van der Waals surface area contributed by atoms with Crippen molar-refractivity contribution in [1.82, 2.24) is 9.80 Å². The number of anilines is 1. The number of rotatable bonds is 3. The maximum atomic E-state index is 12.7. The van der Waals surface area contributed by atoms with Gasteiger partial charge in [-0.3, -0.25) is 4.79 Å². The molecule has 144 valence electrons. The average molecular weight is 394 g/mol. The predicted octanol–water partition coefficient (Wildman–Crippen LogP) is 4.13. The predicted molar refractivity (Wildman–Crippen MR) is 114 cm³/mol. The van der Waals surface area contributed by atoms with Crippen molar-refractivity contribution < 1.29 is 9.59 Å². The third kappa shape index (κ3) is 4.02. The van der Waals surface area contributed by atoms with Crippen LogP contribution in [0.5, 0.6) is 0 Å². The van der Waals surface area contributed by atoms with Crippen LogP contribution in [0.25, 0.3) is 10.1 Å². The van der Waals surface area contributed by atoms with Crippen molar-refractivity contribution in [3.63, 3.8) is 0 Å². The highest BCUT2D eigenvalue weighted by atomic mass is 32.1. The summed E-state index contributed by atoms with van der Waals surface area (Å²) in [7, 11) is 0. The molecule has 6 heteroatoms. The first-order valence-electron chi connectivity index (χ1n) is 9.45. The summed E-state index contributed by atoms with van der Waals surface area (Å²) in [5.41, 5.74) is 3.03. The zero-order valence-corrected chi connectivity index (χ0v) is 16.7. The summed E-state index contributed by atoms with van der Waals surface area (Å²) in [6, 6.07) is 15.8. The lowest BCUT2D eigenvalue weighted by molar-refractivity contribution is -0.131. The maximum Gasteiger partial charge on any atom is 0.321 e. The molecular formula is C22H23N3O2S. The Morgan fingerprint density at radius 3 is 2.39 bits per heavy atom. The van der Waals surface area contributed by atoms with Crippen LogP contribution in [0, 0.1) is 6.92 Å². The van der Waals surface area contributed by atoms with E-state index in [9.17, 15) is 9.59 Å². The van der Waals surface area contributed by atoms with Crippen LogP contribution in [0.1, 0.15) is 11.1 Å². The number of urea groups is 1. The Kier molecular flexibility index (Phi) is 5.30. The molecule has 3 amide bonds. The minimum atomic E-state index is -0.111. The minimum Gasteiger partial charge on any atom is -0.339 e. The second-order valence-electron chi connectivity index (χ2n) is 7.10. The van der Waals surface area contributed by atoms with Gasteiger partial charge in [-0.15, -0.1) is 11.3 Å². The van der Waals surface area contributed by atoms with Gasteiger partial charge in [0.2, 0.25) is 5.91 Å². The molecule has 1 N–H and O–H groups in total. The number of fused-ring (bicyclic) bond motifs is 1. The molecule has 1 aliphatic heterocycles. The number of amides is 3. The summed E-state index contributed by atoms with van der Waals surface area (Å²) in [5.74, 6) is 0.127. The Balaban J connectivity index is 1.31. The Hall–Kier alpha value is -2.86. The highest BCUT2D eigenvalue weighted by Crippen LogP contribution is 2.26. The molecule has 2 aromatic carbocycles. The number of thiophene rings is 1. The van der Waals surface area contributed by atoms with E-state index >= 15 is 0 Å². The second-order valence-corrected chi connectivity index (χ2v) is 8.01. The van der Waals surface area contributed by atoms with Crippen molar-refractivity contribution in [1.29, 1.82) is 0 Å². The van der Waals surface area contributed by atoms with Crippen LogP contribution in [0.2, 0.25) is 0 Å². The molecule has 2 heterocycles. The molecule has 1 aliphatic rings. The van der Waals surface area contributed by atoms with Crippen LogP contribution >= 0.6 is 11.3 Å².